The maximum Gasteiger partial charge on any atom is 0.00438 e. The van der Waals surface area contributed by atoms with Crippen LogP contribution in [0.2, 0.25) is 0 Å². The van der Waals surface area contributed by atoms with Crippen molar-refractivity contribution in [2.24, 2.45) is 17.1 Å². The molecule has 0 aliphatic heterocycles. The highest BCUT2D eigenvalue weighted by molar-refractivity contribution is 4.85. The van der Waals surface area contributed by atoms with Crippen molar-refractivity contribution in [1.29, 1.82) is 0 Å². The third-order valence-corrected chi connectivity index (χ3v) is 3.47. The molecule has 2 N–H and O–H groups in total. The molecule has 1 fully saturated rings. The van der Waals surface area contributed by atoms with Gasteiger partial charge in [0.2, 0.25) is 0 Å². The van der Waals surface area contributed by atoms with E-state index in [0.717, 1.165) is 5.92 Å². The minimum Gasteiger partial charge on any atom is -0.328 e. The summed E-state index contributed by atoms with van der Waals surface area (Å²) in [5, 5.41) is 0. The SMILES string of the molecule is CC(N)C1CCCCCC1(C)C. The zero-order valence-electron chi connectivity index (χ0n) is 8.77. The summed E-state index contributed by atoms with van der Waals surface area (Å²) in [5.41, 5.74) is 6.49. The van der Waals surface area contributed by atoms with E-state index < -0.39 is 0 Å². The Hall–Kier alpha value is -0.0400. The smallest absolute Gasteiger partial charge is 0.00438 e. The van der Waals surface area contributed by atoms with Crippen LogP contribution in [0.3, 0.4) is 0 Å². The molecule has 1 aliphatic rings. The van der Waals surface area contributed by atoms with E-state index in [-0.39, 0.29) is 0 Å². The highest BCUT2D eigenvalue weighted by atomic mass is 14.7. The largest absolute Gasteiger partial charge is 0.328 e. The van der Waals surface area contributed by atoms with Crippen LogP contribution in [0.5, 0.6) is 0 Å². The van der Waals surface area contributed by atoms with Crippen molar-refractivity contribution in [1.82, 2.24) is 0 Å². The molecule has 0 aromatic carbocycles. The van der Waals surface area contributed by atoms with Gasteiger partial charge in [-0.1, -0.05) is 33.1 Å². The van der Waals surface area contributed by atoms with Crippen molar-refractivity contribution in [3.63, 3.8) is 0 Å². The normalized spacial score (nSPS) is 32.5. The summed E-state index contributed by atoms with van der Waals surface area (Å²) < 4.78 is 0. The van der Waals surface area contributed by atoms with E-state index in [1.165, 1.54) is 32.1 Å². The fourth-order valence-corrected chi connectivity index (χ4v) is 2.67. The number of hydrogen-bond acceptors (Lipinski definition) is 1. The van der Waals surface area contributed by atoms with Gasteiger partial charge in [0.1, 0.15) is 0 Å². The van der Waals surface area contributed by atoms with Crippen molar-refractivity contribution in [3.05, 3.63) is 0 Å². The molecule has 0 amide bonds. The zero-order valence-corrected chi connectivity index (χ0v) is 8.77. The summed E-state index contributed by atoms with van der Waals surface area (Å²) in [7, 11) is 0. The Labute approximate surface area is 76.7 Å². The van der Waals surface area contributed by atoms with Crippen molar-refractivity contribution >= 4 is 0 Å². The standard InChI is InChI=1S/C11H23N/c1-9(12)10-7-5-4-6-8-11(10,2)3/h9-10H,4-8,12H2,1-3H3. The molecule has 1 nitrogen and oxygen atoms in total. The predicted octanol–water partition coefficient (Wildman–Crippen LogP) is 2.94. The van der Waals surface area contributed by atoms with E-state index in [2.05, 4.69) is 20.8 Å². The van der Waals surface area contributed by atoms with Crippen LogP contribution >= 0.6 is 0 Å². The molecule has 0 aromatic rings. The Kier molecular flexibility index (Phi) is 3.16. The highest BCUT2D eigenvalue weighted by Crippen LogP contribution is 2.40. The topological polar surface area (TPSA) is 26.0 Å². The van der Waals surface area contributed by atoms with Gasteiger partial charge in [-0.2, -0.15) is 0 Å². The molecule has 1 rings (SSSR count). The van der Waals surface area contributed by atoms with Gasteiger partial charge in [0.15, 0.2) is 0 Å². The summed E-state index contributed by atoms with van der Waals surface area (Å²) in [4.78, 5) is 0. The molecular formula is C11H23N. The summed E-state index contributed by atoms with van der Waals surface area (Å²) in [5.74, 6) is 0.736. The molecular weight excluding hydrogens is 146 g/mol. The molecule has 1 aliphatic carbocycles. The van der Waals surface area contributed by atoms with Gasteiger partial charge in [0.25, 0.3) is 0 Å². The first-order valence-corrected chi connectivity index (χ1v) is 5.29. The number of hydrogen-bond donors (Lipinski definition) is 1. The fraction of sp³-hybridized carbons (Fsp3) is 1.00. The third-order valence-electron chi connectivity index (χ3n) is 3.47. The second kappa shape index (κ2) is 3.78. The summed E-state index contributed by atoms with van der Waals surface area (Å²) in [6.07, 6.45) is 6.89. The van der Waals surface area contributed by atoms with Crippen LogP contribution in [0.4, 0.5) is 0 Å². The Morgan fingerprint density at radius 2 is 1.92 bits per heavy atom. The summed E-state index contributed by atoms with van der Waals surface area (Å²) in [6, 6.07) is 0.373. The van der Waals surface area contributed by atoms with Crippen molar-refractivity contribution < 1.29 is 0 Å². The van der Waals surface area contributed by atoms with Crippen molar-refractivity contribution in [2.75, 3.05) is 0 Å². The number of rotatable bonds is 1. The van der Waals surface area contributed by atoms with Crippen molar-refractivity contribution in [3.8, 4) is 0 Å². The molecule has 12 heavy (non-hydrogen) atoms. The van der Waals surface area contributed by atoms with Gasteiger partial charge in [-0.15, -0.1) is 0 Å². The molecule has 0 spiro atoms. The molecule has 0 aromatic heterocycles. The van der Waals surface area contributed by atoms with Gasteiger partial charge in [0, 0.05) is 6.04 Å². The van der Waals surface area contributed by atoms with E-state index in [1.807, 2.05) is 0 Å². The molecule has 0 bridgehead atoms. The van der Waals surface area contributed by atoms with Gasteiger partial charge < -0.3 is 5.73 Å². The first-order valence-electron chi connectivity index (χ1n) is 5.29. The Balaban J connectivity index is 2.65. The van der Waals surface area contributed by atoms with E-state index in [9.17, 15) is 0 Å². The van der Waals surface area contributed by atoms with Gasteiger partial charge in [0.05, 0.1) is 0 Å². The van der Waals surface area contributed by atoms with Crippen molar-refractivity contribution in [2.45, 2.75) is 58.9 Å². The summed E-state index contributed by atoms with van der Waals surface area (Å²) >= 11 is 0. The molecule has 0 radical (unpaired) electrons. The lowest BCUT2D eigenvalue weighted by Gasteiger charge is -2.35. The van der Waals surface area contributed by atoms with E-state index in [4.69, 9.17) is 5.73 Å². The van der Waals surface area contributed by atoms with Gasteiger partial charge in [-0.05, 0) is 31.1 Å². The van der Waals surface area contributed by atoms with E-state index in [0.29, 0.717) is 11.5 Å². The molecule has 0 heterocycles. The first-order chi connectivity index (χ1) is 5.54. The van der Waals surface area contributed by atoms with Gasteiger partial charge >= 0.3 is 0 Å². The van der Waals surface area contributed by atoms with E-state index in [1.54, 1.807) is 0 Å². The fourth-order valence-electron chi connectivity index (χ4n) is 2.67. The maximum atomic E-state index is 6.01. The zero-order chi connectivity index (χ0) is 9.19. The Morgan fingerprint density at radius 1 is 1.25 bits per heavy atom. The molecule has 1 saturated carbocycles. The summed E-state index contributed by atoms with van der Waals surface area (Å²) in [6.45, 7) is 6.93. The number of nitrogens with two attached hydrogens (primary N) is 1. The lowest BCUT2D eigenvalue weighted by Crippen LogP contribution is -2.36. The Morgan fingerprint density at radius 3 is 2.50 bits per heavy atom. The van der Waals surface area contributed by atoms with Crippen LogP contribution in [0.15, 0.2) is 0 Å². The molecule has 2 unspecified atom stereocenters. The first kappa shape index (κ1) is 10.0. The lowest BCUT2D eigenvalue weighted by molar-refractivity contribution is 0.171. The van der Waals surface area contributed by atoms with Crippen LogP contribution in [-0.4, -0.2) is 6.04 Å². The second-order valence-electron chi connectivity index (χ2n) is 5.05. The second-order valence-corrected chi connectivity index (χ2v) is 5.05. The van der Waals surface area contributed by atoms with Gasteiger partial charge in [-0.3, -0.25) is 0 Å². The monoisotopic (exact) mass is 169 g/mol. The average Bonchev–Trinajstić information content (AvgIpc) is 2.09. The Bertz CT molecular complexity index is 138. The predicted molar refractivity (Wildman–Crippen MR) is 54.0 cm³/mol. The van der Waals surface area contributed by atoms with E-state index >= 15 is 0 Å². The minimum absolute atomic E-state index is 0.373. The highest BCUT2D eigenvalue weighted by Gasteiger charge is 2.32. The minimum atomic E-state index is 0.373. The van der Waals surface area contributed by atoms with Gasteiger partial charge in [-0.25, -0.2) is 0 Å². The third kappa shape index (κ3) is 2.22. The maximum absolute atomic E-state index is 6.01. The molecule has 1 heteroatoms. The van der Waals surface area contributed by atoms with Crippen LogP contribution in [0, 0.1) is 11.3 Å². The average molecular weight is 169 g/mol. The quantitative estimate of drug-likeness (QED) is 0.600. The van der Waals surface area contributed by atoms with Crippen LogP contribution < -0.4 is 5.73 Å². The molecule has 0 saturated heterocycles. The van der Waals surface area contributed by atoms with Crippen LogP contribution in [0.1, 0.15) is 52.9 Å². The molecule has 72 valence electrons. The van der Waals surface area contributed by atoms with Crippen LogP contribution in [-0.2, 0) is 0 Å². The molecule has 2 atom stereocenters. The van der Waals surface area contributed by atoms with Crippen LogP contribution in [0.25, 0.3) is 0 Å². The lowest BCUT2D eigenvalue weighted by atomic mass is 9.72.